The van der Waals surface area contributed by atoms with E-state index in [2.05, 4.69) is 141 Å². The molecule has 3 fully saturated rings. The third kappa shape index (κ3) is 38.5. The van der Waals surface area contributed by atoms with Gasteiger partial charge in [-0.3, -0.25) is 4.79 Å². The maximum Gasteiger partial charge on any atom is 0.220 e. The van der Waals surface area contributed by atoms with Gasteiger partial charge in [0.05, 0.1) is 38.6 Å². The molecule has 3 rings (SSSR count). The molecule has 0 spiro atoms. The first-order valence-corrected chi connectivity index (χ1v) is 36.9. The van der Waals surface area contributed by atoms with Gasteiger partial charge in [0, 0.05) is 6.42 Å². The van der Waals surface area contributed by atoms with Crippen molar-refractivity contribution in [2.24, 2.45) is 0 Å². The molecule has 0 aliphatic carbocycles. The van der Waals surface area contributed by atoms with Crippen LogP contribution in [0.25, 0.3) is 0 Å². The van der Waals surface area contributed by atoms with Gasteiger partial charge in [-0.25, -0.2) is 0 Å². The monoisotopic (exact) mass is 1370 g/mol. The molecule has 19 heteroatoms. The summed E-state index contributed by atoms with van der Waals surface area (Å²) in [5.41, 5.74) is 0. The van der Waals surface area contributed by atoms with Gasteiger partial charge in [0.15, 0.2) is 18.9 Å². The summed E-state index contributed by atoms with van der Waals surface area (Å²) < 4.78 is 34.3. The first-order valence-electron chi connectivity index (χ1n) is 36.9. The molecule has 3 aliphatic rings. The third-order valence-electron chi connectivity index (χ3n) is 17.4. The molecule has 0 bridgehead atoms. The number of carbonyl (C=O) groups excluding carboxylic acids is 1. The zero-order chi connectivity index (χ0) is 70.4. The van der Waals surface area contributed by atoms with E-state index in [-0.39, 0.29) is 18.9 Å². The molecule has 12 N–H and O–H groups in total. The van der Waals surface area contributed by atoms with Crippen LogP contribution in [0.5, 0.6) is 0 Å². The fourth-order valence-electron chi connectivity index (χ4n) is 11.5. The van der Waals surface area contributed by atoms with Crippen molar-refractivity contribution in [1.82, 2.24) is 5.32 Å². The molecule has 3 aliphatic heterocycles. The lowest BCUT2D eigenvalue weighted by molar-refractivity contribution is -0.379. The molecule has 0 aromatic heterocycles. The Hall–Kier alpha value is -4.07. The van der Waals surface area contributed by atoms with Gasteiger partial charge in [-0.2, -0.15) is 0 Å². The van der Waals surface area contributed by atoms with Crippen LogP contribution in [0.3, 0.4) is 0 Å². The smallest absolute Gasteiger partial charge is 0.220 e. The van der Waals surface area contributed by atoms with Crippen molar-refractivity contribution in [3.63, 3.8) is 0 Å². The SMILES string of the molecule is CC/C=C\C/C=C\C/C=C\C/C=C\C/C=C\C/C=C\C/C=C\C/C=C\CCCCCCCCCCC(=O)NC(COC1OC(CO)C(OC2OC(CO)C(OC3OC(CO)C(O)C(O)C3O)C(O)C2O)C(O)C1O)C(O)/C=C/CC/C=C/CC/C=C/CCCCCCCCCCC. The van der Waals surface area contributed by atoms with E-state index in [0.717, 1.165) is 122 Å². The van der Waals surface area contributed by atoms with Gasteiger partial charge in [0.1, 0.15) is 73.2 Å². The quantitative estimate of drug-likeness (QED) is 0.0199. The highest BCUT2D eigenvalue weighted by Crippen LogP contribution is 2.33. The molecule has 1 amide bonds. The molecule has 0 saturated carbocycles. The minimum Gasteiger partial charge on any atom is -0.394 e. The second-order valence-electron chi connectivity index (χ2n) is 25.6. The number of ether oxygens (including phenoxy) is 6. The lowest BCUT2D eigenvalue weighted by Gasteiger charge is -2.48. The number of amides is 1. The average Bonchev–Trinajstić information content (AvgIpc) is 0.845. The number of rotatable bonds is 55. The maximum absolute atomic E-state index is 13.4. The van der Waals surface area contributed by atoms with Gasteiger partial charge in [0.25, 0.3) is 0 Å². The van der Waals surface area contributed by atoms with E-state index in [0.29, 0.717) is 12.8 Å². The van der Waals surface area contributed by atoms with E-state index >= 15 is 0 Å². The van der Waals surface area contributed by atoms with Gasteiger partial charge >= 0.3 is 0 Å². The number of allylic oxidation sites excluding steroid dienone is 21. The summed E-state index contributed by atoms with van der Waals surface area (Å²) in [7, 11) is 0. The number of nitrogens with one attached hydrogen (secondary N) is 1. The second-order valence-corrected chi connectivity index (χ2v) is 25.6. The summed E-state index contributed by atoms with van der Waals surface area (Å²) >= 11 is 0. The lowest BCUT2D eigenvalue weighted by Crippen LogP contribution is -2.66. The summed E-state index contributed by atoms with van der Waals surface area (Å²) in [5, 5.41) is 121. The number of hydrogen-bond acceptors (Lipinski definition) is 18. The average molecular weight is 1370 g/mol. The van der Waals surface area contributed by atoms with E-state index < -0.39 is 124 Å². The van der Waals surface area contributed by atoms with Crippen molar-refractivity contribution in [3.8, 4) is 0 Å². The Bertz CT molecular complexity index is 2280. The number of aliphatic hydroxyl groups is 11. The van der Waals surface area contributed by atoms with Gasteiger partial charge < -0.3 is 89.9 Å². The first-order chi connectivity index (χ1) is 47.3. The molecule has 97 heavy (non-hydrogen) atoms. The summed E-state index contributed by atoms with van der Waals surface area (Å²) in [6, 6.07) is -1.01. The van der Waals surface area contributed by atoms with Crippen LogP contribution in [0.4, 0.5) is 0 Å². The number of carbonyl (C=O) groups is 1. The zero-order valence-corrected chi connectivity index (χ0v) is 58.7. The highest BCUT2D eigenvalue weighted by Gasteiger charge is 2.53. The highest BCUT2D eigenvalue weighted by atomic mass is 16.8. The van der Waals surface area contributed by atoms with E-state index in [1.54, 1.807) is 6.08 Å². The Kier molecular flexibility index (Phi) is 51.7. The molecule has 19 nitrogen and oxygen atoms in total. The molecule has 17 atom stereocenters. The van der Waals surface area contributed by atoms with Gasteiger partial charge in [0.2, 0.25) is 5.91 Å². The van der Waals surface area contributed by atoms with Crippen LogP contribution < -0.4 is 5.32 Å². The minimum absolute atomic E-state index is 0.213. The van der Waals surface area contributed by atoms with Gasteiger partial charge in [-0.1, -0.05) is 237 Å². The van der Waals surface area contributed by atoms with E-state index in [4.69, 9.17) is 28.4 Å². The minimum atomic E-state index is -1.99. The predicted molar refractivity (Wildman–Crippen MR) is 383 cm³/mol. The number of aliphatic hydroxyl groups excluding tert-OH is 11. The lowest BCUT2D eigenvalue weighted by atomic mass is 9.96. The Morgan fingerprint density at radius 3 is 1.15 bits per heavy atom. The summed E-state index contributed by atoms with van der Waals surface area (Å²) in [5.74, 6) is -0.304. The van der Waals surface area contributed by atoms with Crippen molar-refractivity contribution in [2.75, 3.05) is 26.4 Å². The maximum atomic E-state index is 13.4. The van der Waals surface area contributed by atoms with Crippen LogP contribution in [0.2, 0.25) is 0 Å². The van der Waals surface area contributed by atoms with Crippen molar-refractivity contribution in [2.45, 2.75) is 324 Å². The van der Waals surface area contributed by atoms with Crippen LogP contribution in [-0.4, -0.2) is 193 Å². The molecule has 17 unspecified atom stereocenters. The van der Waals surface area contributed by atoms with Gasteiger partial charge in [-0.05, 0) is 109 Å². The molecular weight excluding hydrogens is 1240 g/mol. The molecule has 0 aromatic carbocycles. The highest BCUT2D eigenvalue weighted by molar-refractivity contribution is 5.76. The molecular formula is C78H129NO18. The second kappa shape index (κ2) is 57.5. The summed E-state index contributed by atoms with van der Waals surface area (Å²) in [4.78, 5) is 13.4. The van der Waals surface area contributed by atoms with E-state index in [9.17, 15) is 61.0 Å². The standard InChI is InChI=1S/C78H129NO18/c1-3-5-7-9-11-13-15-17-19-21-23-24-25-26-27-28-29-30-31-32-33-34-35-36-38-40-42-44-46-48-50-52-54-56-66(84)79-61(62(83)55-53-51-49-47-45-43-41-39-37-22-20-18-16-14-12-10-8-6-4-2)60-92-76-72(90)69(87)74(64(58-81)94-76)97-78-73(91)70(88)75(65(59-82)95-78)96-77-71(89)68(86)67(85)63(57-80)93-77/h5,7,11,13,17,19,23-24,26-27,29-30,32-33,35-37,39,45,47,53,55,61-65,67-78,80-83,85-91H,3-4,6,8-10,12,14-16,18,20-22,25,28,31,34,38,40-44,46,48-52,54,56-60H2,1-2H3,(H,79,84)/b7-5-,13-11-,19-17-,24-23-,27-26-,30-29-,33-32-,36-35-,39-37+,47-45+,55-53+. The van der Waals surface area contributed by atoms with Gasteiger partial charge in [-0.15, -0.1) is 0 Å². The molecule has 3 saturated heterocycles. The fraction of sp³-hybridized carbons (Fsp3) is 0.705. The van der Waals surface area contributed by atoms with E-state index in [1.807, 2.05) is 6.08 Å². The van der Waals surface area contributed by atoms with Crippen molar-refractivity contribution >= 4 is 5.91 Å². The van der Waals surface area contributed by atoms with Crippen LogP contribution >= 0.6 is 0 Å². The predicted octanol–water partition coefficient (Wildman–Crippen LogP) is 10.9. The Balaban J connectivity index is 1.42. The topological polar surface area (TPSA) is 307 Å². The molecule has 3 heterocycles. The van der Waals surface area contributed by atoms with Crippen molar-refractivity contribution < 1.29 is 89.4 Å². The summed E-state index contributed by atoms with van der Waals surface area (Å²) in [6.45, 7) is 1.57. The van der Waals surface area contributed by atoms with Crippen LogP contribution in [0.15, 0.2) is 134 Å². The fourth-order valence-corrected chi connectivity index (χ4v) is 11.5. The zero-order valence-electron chi connectivity index (χ0n) is 58.7. The first kappa shape index (κ1) is 87.1. The van der Waals surface area contributed by atoms with Crippen LogP contribution in [0, 0.1) is 0 Å². The Morgan fingerprint density at radius 2 is 0.722 bits per heavy atom. The largest absolute Gasteiger partial charge is 0.394 e. The normalized spacial score (nSPS) is 27.7. The number of unbranched alkanes of at least 4 members (excludes halogenated alkanes) is 19. The van der Waals surface area contributed by atoms with Crippen LogP contribution in [-0.2, 0) is 33.2 Å². The third-order valence-corrected chi connectivity index (χ3v) is 17.4. The Labute approximate surface area is 581 Å². The molecule has 0 radical (unpaired) electrons. The number of hydrogen-bond donors (Lipinski definition) is 12. The Morgan fingerprint density at radius 1 is 0.381 bits per heavy atom. The van der Waals surface area contributed by atoms with E-state index in [1.165, 1.54) is 64.2 Å². The molecule has 0 aromatic rings. The van der Waals surface area contributed by atoms with Crippen molar-refractivity contribution in [3.05, 3.63) is 134 Å². The summed E-state index contributed by atoms with van der Waals surface area (Å²) in [6.07, 6.45) is 54.2. The molecule has 554 valence electrons. The van der Waals surface area contributed by atoms with Crippen LogP contribution in [0.1, 0.15) is 219 Å². The van der Waals surface area contributed by atoms with Crippen molar-refractivity contribution in [1.29, 1.82) is 0 Å².